The summed E-state index contributed by atoms with van der Waals surface area (Å²) in [5.74, 6) is 1.07. The molecule has 5 nitrogen and oxygen atoms in total. The lowest BCUT2D eigenvalue weighted by molar-refractivity contribution is 0.326. The number of para-hydroxylation sites is 1. The third-order valence-electron chi connectivity index (χ3n) is 5.40. The molecule has 1 aromatic carbocycles. The monoisotopic (exact) mass is 338 g/mol. The summed E-state index contributed by atoms with van der Waals surface area (Å²) in [6.07, 6.45) is 3.67. The van der Waals surface area contributed by atoms with E-state index >= 15 is 0 Å². The number of aromatic nitrogens is 2. The molecule has 25 heavy (non-hydrogen) atoms. The Bertz CT molecular complexity index is 794. The van der Waals surface area contributed by atoms with Crippen molar-refractivity contribution in [1.82, 2.24) is 14.9 Å². The minimum absolute atomic E-state index is 0.0414. The minimum atomic E-state index is -0.0414. The lowest BCUT2D eigenvalue weighted by atomic mass is 10.0. The topological polar surface area (TPSA) is 52.2 Å². The lowest BCUT2D eigenvalue weighted by Crippen LogP contribution is -2.24. The molecule has 0 unspecified atom stereocenters. The first-order chi connectivity index (χ1) is 12.2. The molecule has 1 N–H and O–H groups in total. The molecule has 2 aromatic rings. The summed E-state index contributed by atoms with van der Waals surface area (Å²) < 4.78 is 0. The van der Waals surface area contributed by atoms with Gasteiger partial charge in [-0.05, 0) is 44.4 Å². The molecule has 2 aliphatic rings. The first-order valence-electron chi connectivity index (χ1n) is 9.32. The number of hydrogen-bond donors (Lipinski definition) is 1. The predicted octanol–water partition coefficient (Wildman–Crippen LogP) is 2.67. The second-order valence-electron chi connectivity index (χ2n) is 7.30. The van der Waals surface area contributed by atoms with Gasteiger partial charge in [0.15, 0.2) is 0 Å². The number of nitrogens with one attached hydrogen (secondary N) is 1. The predicted molar refractivity (Wildman–Crippen MR) is 100 cm³/mol. The van der Waals surface area contributed by atoms with Crippen molar-refractivity contribution in [2.75, 3.05) is 31.1 Å². The van der Waals surface area contributed by atoms with Crippen molar-refractivity contribution in [2.24, 2.45) is 0 Å². The number of rotatable bonds is 4. The molecule has 0 radical (unpaired) electrons. The van der Waals surface area contributed by atoms with E-state index in [0.29, 0.717) is 11.7 Å². The normalized spacial score (nSPS) is 21.2. The SMILES string of the molecule is Cc1nc([C@H]2CCN(Cc3ccccc3N3CCCC3)C2)cc(=O)[nH]1. The van der Waals surface area contributed by atoms with Gasteiger partial charge in [0.05, 0.1) is 5.69 Å². The molecule has 0 aliphatic carbocycles. The average Bonchev–Trinajstić information content (AvgIpc) is 3.26. The van der Waals surface area contributed by atoms with Gasteiger partial charge in [-0.15, -0.1) is 0 Å². The maximum atomic E-state index is 11.7. The highest BCUT2D eigenvalue weighted by molar-refractivity contribution is 5.54. The second-order valence-corrected chi connectivity index (χ2v) is 7.30. The molecule has 132 valence electrons. The minimum Gasteiger partial charge on any atom is -0.371 e. The second kappa shape index (κ2) is 7.00. The van der Waals surface area contributed by atoms with E-state index in [1.54, 1.807) is 6.07 Å². The zero-order valence-corrected chi connectivity index (χ0v) is 14.9. The standard InChI is InChI=1S/C20H26N4O/c1-15-21-18(12-20(25)22-15)16-8-11-23(13-16)14-17-6-2-3-7-19(17)24-9-4-5-10-24/h2-3,6-7,12,16H,4-5,8-11,13-14H2,1H3,(H,21,22,25)/t16-/m0/s1. The van der Waals surface area contributed by atoms with E-state index in [1.807, 2.05) is 6.92 Å². The molecule has 1 atom stereocenters. The van der Waals surface area contributed by atoms with Gasteiger partial charge in [0.1, 0.15) is 5.82 Å². The quantitative estimate of drug-likeness (QED) is 0.931. The third kappa shape index (κ3) is 3.61. The van der Waals surface area contributed by atoms with E-state index in [0.717, 1.165) is 31.7 Å². The van der Waals surface area contributed by atoms with Gasteiger partial charge in [-0.25, -0.2) is 4.98 Å². The van der Waals surface area contributed by atoms with Crippen molar-refractivity contribution < 1.29 is 0 Å². The Labute approximate surface area is 148 Å². The fraction of sp³-hybridized carbons (Fsp3) is 0.500. The van der Waals surface area contributed by atoms with Crippen molar-refractivity contribution in [3.8, 4) is 0 Å². The number of nitrogens with zero attached hydrogens (tertiary/aromatic N) is 3. The van der Waals surface area contributed by atoms with Gasteiger partial charge in [0.25, 0.3) is 5.56 Å². The summed E-state index contributed by atoms with van der Waals surface area (Å²) in [5, 5.41) is 0. The van der Waals surface area contributed by atoms with Crippen LogP contribution in [0.4, 0.5) is 5.69 Å². The zero-order valence-electron chi connectivity index (χ0n) is 14.9. The highest BCUT2D eigenvalue weighted by Gasteiger charge is 2.26. The van der Waals surface area contributed by atoms with Gasteiger partial charge in [-0.1, -0.05) is 18.2 Å². The Hall–Kier alpha value is -2.14. The Morgan fingerprint density at radius 1 is 1.20 bits per heavy atom. The molecular formula is C20H26N4O. The number of likely N-dealkylation sites (tertiary alicyclic amines) is 1. The maximum Gasteiger partial charge on any atom is 0.251 e. The number of benzene rings is 1. The van der Waals surface area contributed by atoms with Crippen molar-refractivity contribution in [1.29, 1.82) is 0 Å². The Morgan fingerprint density at radius 3 is 2.80 bits per heavy atom. The molecule has 3 heterocycles. The Kier molecular flexibility index (Phi) is 4.57. The van der Waals surface area contributed by atoms with Crippen molar-refractivity contribution in [3.63, 3.8) is 0 Å². The lowest BCUT2D eigenvalue weighted by Gasteiger charge is -2.24. The van der Waals surface area contributed by atoms with Gasteiger partial charge in [0, 0.05) is 43.9 Å². The van der Waals surface area contributed by atoms with Crippen molar-refractivity contribution >= 4 is 5.69 Å². The van der Waals surface area contributed by atoms with Gasteiger partial charge in [-0.2, -0.15) is 0 Å². The van der Waals surface area contributed by atoms with Crippen LogP contribution < -0.4 is 10.5 Å². The summed E-state index contributed by atoms with van der Waals surface area (Å²) >= 11 is 0. The molecular weight excluding hydrogens is 312 g/mol. The van der Waals surface area contributed by atoms with Crippen molar-refractivity contribution in [3.05, 3.63) is 57.8 Å². The third-order valence-corrected chi connectivity index (χ3v) is 5.40. The molecule has 4 rings (SSSR count). The van der Waals surface area contributed by atoms with Gasteiger partial charge < -0.3 is 9.88 Å². The highest BCUT2D eigenvalue weighted by atomic mass is 16.1. The molecule has 0 saturated carbocycles. The van der Waals surface area contributed by atoms with Crippen LogP contribution in [0.25, 0.3) is 0 Å². The summed E-state index contributed by atoms with van der Waals surface area (Å²) in [6.45, 7) is 7.22. The fourth-order valence-electron chi connectivity index (χ4n) is 4.18. The molecule has 0 spiro atoms. The van der Waals surface area contributed by atoms with Crippen molar-refractivity contribution in [2.45, 2.75) is 38.6 Å². The van der Waals surface area contributed by atoms with Gasteiger partial charge in [0.2, 0.25) is 0 Å². The molecule has 2 aliphatic heterocycles. The first-order valence-corrected chi connectivity index (χ1v) is 9.32. The van der Waals surface area contributed by atoms with Crippen LogP contribution in [0.5, 0.6) is 0 Å². The number of aryl methyl sites for hydroxylation is 1. The Balaban J connectivity index is 1.47. The van der Waals surface area contributed by atoms with Crippen LogP contribution in [0.15, 0.2) is 35.1 Å². The van der Waals surface area contributed by atoms with E-state index in [2.05, 4.69) is 44.0 Å². The van der Waals surface area contributed by atoms with E-state index < -0.39 is 0 Å². The van der Waals surface area contributed by atoms with Crippen LogP contribution in [0.2, 0.25) is 0 Å². The van der Waals surface area contributed by atoms with Crippen LogP contribution in [0, 0.1) is 6.92 Å². The van der Waals surface area contributed by atoms with E-state index in [1.165, 1.54) is 37.2 Å². The summed E-state index contributed by atoms with van der Waals surface area (Å²) in [6, 6.07) is 10.5. The molecule has 5 heteroatoms. The van der Waals surface area contributed by atoms with Gasteiger partial charge in [-0.3, -0.25) is 9.69 Å². The van der Waals surface area contributed by atoms with E-state index in [4.69, 9.17) is 0 Å². The molecule has 0 amide bonds. The molecule has 1 aromatic heterocycles. The highest BCUT2D eigenvalue weighted by Crippen LogP contribution is 2.30. The van der Waals surface area contributed by atoms with E-state index in [-0.39, 0.29) is 5.56 Å². The van der Waals surface area contributed by atoms with Crippen LogP contribution in [0.3, 0.4) is 0 Å². The number of H-pyrrole nitrogens is 1. The number of aromatic amines is 1. The van der Waals surface area contributed by atoms with Crippen LogP contribution in [-0.4, -0.2) is 41.0 Å². The largest absolute Gasteiger partial charge is 0.371 e. The zero-order chi connectivity index (χ0) is 17.2. The van der Waals surface area contributed by atoms with Crippen LogP contribution in [0.1, 0.15) is 42.3 Å². The number of anilines is 1. The van der Waals surface area contributed by atoms with Gasteiger partial charge >= 0.3 is 0 Å². The first kappa shape index (κ1) is 16.3. The van der Waals surface area contributed by atoms with Crippen LogP contribution in [-0.2, 0) is 6.54 Å². The maximum absolute atomic E-state index is 11.7. The summed E-state index contributed by atoms with van der Waals surface area (Å²) in [7, 11) is 0. The average molecular weight is 338 g/mol. The fourth-order valence-corrected chi connectivity index (χ4v) is 4.18. The molecule has 2 fully saturated rings. The molecule has 2 saturated heterocycles. The van der Waals surface area contributed by atoms with Crippen LogP contribution >= 0.6 is 0 Å². The number of hydrogen-bond acceptors (Lipinski definition) is 4. The summed E-state index contributed by atoms with van der Waals surface area (Å²) in [5.41, 5.74) is 3.71. The smallest absolute Gasteiger partial charge is 0.251 e. The van der Waals surface area contributed by atoms with E-state index in [9.17, 15) is 4.79 Å². The summed E-state index contributed by atoms with van der Waals surface area (Å²) in [4.78, 5) is 24.0. The molecule has 0 bridgehead atoms. The Morgan fingerprint density at radius 2 is 2.00 bits per heavy atom.